The van der Waals surface area contributed by atoms with E-state index in [-0.39, 0.29) is 0 Å². The van der Waals surface area contributed by atoms with Crippen LogP contribution in [0.1, 0.15) is 0 Å². The van der Waals surface area contributed by atoms with Gasteiger partial charge in [-0.1, -0.05) is 6.08 Å². The van der Waals surface area contributed by atoms with Gasteiger partial charge in [-0.3, -0.25) is 10.1 Å². The highest BCUT2D eigenvalue weighted by Gasteiger charge is 2.17. The number of nitrogens with one attached hydrogen (secondary N) is 1. The van der Waals surface area contributed by atoms with Gasteiger partial charge < -0.3 is 10.2 Å². The molecule has 5 heteroatoms. The molecule has 0 atom stereocenters. The van der Waals surface area contributed by atoms with Crippen molar-refractivity contribution >= 4 is 0 Å². The standard InChI is InChI=1S/C7H11N3O2/c1-2-4-9-5-3-8-7(9)6-10(11)12/h2,6,8H,1,3-5H2. The van der Waals surface area contributed by atoms with E-state index < -0.39 is 4.92 Å². The van der Waals surface area contributed by atoms with E-state index in [4.69, 9.17) is 0 Å². The summed E-state index contributed by atoms with van der Waals surface area (Å²) in [5, 5.41) is 13.1. The predicted octanol–water partition coefficient (Wildman–Crippen LogP) is 0.153. The van der Waals surface area contributed by atoms with Gasteiger partial charge in [0.1, 0.15) is 0 Å². The van der Waals surface area contributed by atoms with E-state index in [0.717, 1.165) is 19.3 Å². The number of hydrogen-bond donors (Lipinski definition) is 1. The molecule has 0 aromatic carbocycles. The van der Waals surface area contributed by atoms with Gasteiger partial charge in [0.05, 0.1) is 4.92 Å². The molecule has 0 aromatic heterocycles. The normalized spacial score (nSPS) is 19.3. The molecular formula is C7H11N3O2. The molecule has 0 saturated carbocycles. The fourth-order valence-corrected chi connectivity index (χ4v) is 1.12. The minimum absolute atomic E-state index is 0.455. The second-order valence-corrected chi connectivity index (χ2v) is 2.46. The molecule has 1 fully saturated rings. The monoisotopic (exact) mass is 169 g/mol. The molecule has 0 radical (unpaired) electrons. The fraction of sp³-hybridized carbons (Fsp3) is 0.429. The summed E-state index contributed by atoms with van der Waals surface area (Å²) in [6.07, 6.45) is 2.71. The van der Waals surface area contributed by atoms with Crippen LogP contribution in [0.4, 0.5) is 0 Å². The van der Waals surface area contributed by atoms with Gasteiger partial charge in [0.2, 0.25) is 0 Å². The molecule has 1 rings (SSSR count). The van der Waals surface area contributed by atoms with Gasteiger partial charge in [-0.15, -0.1) is 6.58 Å². The summed E-state index contributed by atoms with van der Waals surface area (Å²) in [5.41, 5.74) is 0. The number of nitro groups is 1. The summed E-state index contributed by atoms with van der Waals surface area (Å²) >= 11 is 0. The van der Waals surface area contributed by atoms with Crippen LogP contribution in [0.2, 0.25) is 0 Å². The van der Waals surface area contributed by atoms with Crippen molar-refractivity contribution in [1.29, 1.82) is 0 Å². The number of nitrogens with zero attached hydrogens (tertiary/aromatic N) is 2. The number of hydrogen-bond acceptors (Lipinski definition) is 4. The quantitative estimate of drug-likeness (QED) is 0.371. The molecule has 1 saturated heterocycles. The first-order chi connectivity index (χ1) is 5.74. The highest BCUT2D eigenvalue weighted by molar-refractivity contribution is 5.01. The average Bonchev–Trinajstić information content (AvgIpc) is 2.37. The molecular weight excluding hydrogens is 158 g/mol. The zero-order valence-corrected chi connectivity index (χ0v) is 6.69. The van der Waals surface area contributed by atoms with E-state index in [9.17, 15) is 10.1 Å². The molecule has 1 N–H and O–H groups in total. The maximum atomic E-state index is 10.1. The Hall–Kier alpha value is -1.52. The molecule has 66 valence electrons. The van der Waals surface area contributed by atoms with E-state index in [2.05, 4.69) is 11.9 Å². The SMILES string of the molecule is C=CCN1CCNC1=C[N+](=O)[O-]. The summed E-state index contributed by atoms with van der Waals surface area (Å²) in [6.45, 7) is 5.77. The van der Waals surface area contributed by atoms with Crippen LogP contribution in [0, 0.1) is 10.1 Å². The van der Waals surface area contributed by atoms with Crippen molar-refractivity contribution in [3.63, 3.8) is 0 Å². The largest absolute Gasteiger partial charge is 0.365 e. The maximum absolute atomic E-state index is 10.1. The molecule has 1 aliphatic rings. The Morgan fingerprint density at radius 3 is 3.17 bits per heavy atom. The topological polar surface area (TPSA) is 58.4 Å². The van der Waals surface area contributed by atoms with Gasteiger partial charge in [-0.05, 0) is 0 Å². The van der Waals surface area contributed by atoms with Gasteiger partial charge in [-0.2, -0.15) is 0 Å². The Kier molecular flexibility index (Phi) is 2.68. The van der Waals surface area contributed by atoms with Gasteiger partial charge in [-0.25, -0.2) is 0 Å². The predicted molar refractivity (Wildman–Crippen MR) is 44.9 cm³/mol. The molecule has 0 amide bonds. The maximum Gasteiger partial charge on any atom is 0.274 e. The lowest BCUT2D eigenvalue weighted by Gasteiger charge is -2.13. The minimum Gasteiger partial charge on any atom is -0.365 e. The summed E-state index contributed by atoms with van der Waals surface area (Å²) in [6, 6.07) is 0. The van der Waals surface area contributed by atoms with Crippen molar-refractivity contribution in [3.05, 3.63) is 34.8 Å². The lowest BCUT2D eigenvalue weighted by Crippen LogP contribution is -2.20. The highest BCUT2D eigenvalue weighted by Crippen LogP contribution is 2.05. The summed E-state index contributed by atoms with van der Waals surface area (Å²) in [4.78, 5) is 11.6. The molecule has 0 spiro atoms. The third-order valence-corrected chi connectivity index (χ3v) is 1.61. The first-order valence-electron chi connectivity index (χ1n) is 3.69. The van der Waals surface area contributed by atoms with E-state index in [1.165, 1.54) is 0 Å². The molecule has 0 aliphatic carbocycles. The molecule has 1 heterocycles. The van der Waals surface area contributed by atoms with Gasteiger partial charge >= 0.3 is 0 Å². The molecule has 12 heavy (non-hydrogen) atoms. The van der Waals surface area contributed by atoms with Crippen molar-refractivity contribution in [2.24, 2.45) is 0 Å². The molecule has 0 bridgehead atoms. The molecule has 5 nitrogen and oxygen atoms in total. The minimum atomic E-state index is -0.455. The lowest BCUT2D eigenvalue weighted by molar-refractivity contribution is -0.404. The van der Waals surface area contributed by atoms with Crippen LogP contribution in [0.3, 0.4) is 0 Å². The first kappa shape index (κ1) is 8.58. The zero-order valence-electron chi connectivity index (χ0n) is 6.69. The van der Waals surface area contributed by atoms with Gasteiger partial charge in [0.25, 0.3) is 6.20 Å². The third kappa shape index (κ3) is 1.98. The van der Waals surface area contributed by atoms with Crippen molar-refractivity contribution in [1.82, 2.24) is 10.2 Å². The van der Waals surface area contributed by atoms with E-state index in [1.807, 2.05) is 4.90 Å². The smallest absolute Gasteiger partial charge is 0.274 e. The molecule has 0 aromatic rings. The van der Waals surface area contributed by atoms with Gasteiger partial charge in [0, 0.05) is 19.6 Å². The Bertz CT molecular complexity index is 225. The lowest BCUT2D eigenvalue weighted by atomic mass is 10.5. The number of rotatable bonds is 3. The van der Waals surface area contributed by atoms with Crippen molar-refractivity contribution in [3.8, 4) is 0 Å². The average molecular weight is 169 g/mol. The van der Waals surface area contributed by atoms with Crippen LogP contribution < -0.4 is 5.32 Å². The summed E-state index contributed by atoms with van der Waals surface area (Å²) in [7, 11) is 0. The van der Waals surface area contributed by atoms with Crippen LogP contribution in [0.15, 0.2) is 24.7 Å². The van der Waals surface area contributed by atoms with Crippen LogP contribution in [0.25, 0.3) is 0 Å². The second-order valence-electron chi connectivity index (χ2n) is 2.46. The van der Waals surface area contributed by atoms with Crippen LogP contribution in [-0.2, 0) is 0 Å². The van der Waals surface area contributed by atoms with Crippen molar-refractivity contribution in [2.75, 3.05) is 19.6 Å². The second kappa shape index (κ2) is 3.75. The third-order valence-electron chi connectivity index (χ3n) is 1.61. The van der Waals surface area contributed by atoms with E-state index in [1.54, 1.807) is 6.08 Å². The highest BCUT2D eigenvalue weighted by atomic mass is 16.6. The van der Waals surface area contributed by atoms with Crippen LogP contribution >= 0.6 is 0 Å². The van der Waals surface area contributed by atoms with Crippen molar-refractivity contribution < 1.29 is 4.92 Å². The fourth-order valence-electron chi connectivity index (χ4n) is 1.12. The first-order valence-corrected chi connectivity index (χ1v) is 3.69. The Morgan fingerprint density at radius 2 is 2.58 bits per heavy atom. The van der Waals surface area contributed by atoms with Gasteiger partial charge in [0.15, 0.2) is 5.82 Å². The van der Waals surface area contributed by atoms with Crippen LogP contribution in [0.5, 0.6) is 0 Å². The summed E-state index contributed by atoms with van der Waals surface area (Å²) < 4.78 is 0. The zero-order chi connectivity index (χ0) is 8.97. The Balaban J connectivity index is 2.62. The Morgan fingerprint density at radius 1 is 1.83 bits per heavy atom. The van der Waals surface area contributed by atoms with E-state index in [0.29, 0.717) is 12.4 Å². The summed E-state index contributed by atoms with van der Waals surface area (Å²) in [5.74, 6) is 0.569. The van der Waals surface area contributed by atoms with Crippen molar-refractivity contribution in [2.45, 2.75) is 0 Å². The van der Waals surface area contributed by atoms with E-state index >= 15 is 0 Å². The Labute approximate surface area is 70.5 Å². The van der Waals surface area contributed by atoms with Crippen LogP contribution in [-0.4, -0.2) is 29.5 Å². The molecule has 0 unspecified atom stereocenters. The molecule has 1 aliphatic heterocycles.